The van der Waals surface area contributed by atoms with Crippen molar-refractivity contribution in [3.63, 3.8) is 0 Å². The predicted octanol–water partition coefficient (Wildman–Crippen LogP) is 0.877. The van der Waals surface area contributed by atoms with Crippen molar-refractivity contribution in [3.8, 4) is 0 Å². The molecule has 1 unspecified atom stereocenters. The highest BCUT2D eigenvalue weighted by Crippen LogP contribution is 2.10. The number of carbonyl (C=O) groups excluding carboxylic acids is 1. The molecule has 0 spiro atoms. The van der Waals surface area contributed by atoms with Gasteiger partial charge in [-0.05, 0) is 20.3 Å². The van der Waals surface area contributed by atoms with E-state index in [0.29, 0.717) is 6.42 Å². The first-order chi connectivity index (χ1) is 5.39. The van der Waals surface area contributed by atoms with Crippen molar-refractivity contribution in [1.82, 2.24) is 0 Å². The van der Waals surface area contributed by atoms with E-state index in [2.05, 4.69) is 0 Å². The van der Waals surface area contributed by atoms with E-state index < -0.39 is 17.5 Å². The van der Waals surface area contributed by atoms with Crippen molar-refractivity contribution in [1.29, 1.82) is 0 Å². The number of hydrogen-bond acceptors (Lipinski definition) is 3. The molecule has 3 heteroatoms. The lowest BCUT2D eigenvalue weighted by Crippen LogP contribution is -2.39. The summed E-state index contributed by atoms with van der Waals surface area (Å²) >= 11 is 0. The Morgan fingerprint density at radius 2 is 2.00 bits per heavy atom. The van der Waals surface area contributed by atoms with Gasteiger partial charge in [-0.15, -0.1) is 0 Å². The lowest BCUT2D eigenvalue weighted by atomic mass is 9.96. The van der Waals surface area contributed by atoms with Crippen LogP contribution in [0.3, 0.4) is 0 Å². The number of unbranched alkanes of at least 4 members (excludes halogenated alkanes) is 1. The molecule has 2 N–H and O–H groups in total. The Balaban J connectivity index is 3.94. The van der Waals surface area contributed by atoms with E-state index in [4.69, 9.17) is 0 Å². The lowest BCUT2D eigenvalue weighted by molar-refractivity contribution is -0.143. The van der Waals surface area contributed by atoms with Crippen molar-refractivity contribution < 1.29 is 15.0 Å². The summed E-state index contributed by atoms with van der Waals surface area (Å²) in [5.74, 6) is -0.490. The molecule has 0 amide bonds. The van der Waals surface area contributed by atoms with E-state index in [0.717, 1.165) is 12.8 Å². The van der Waals surface area contributed by atoms with Crippen molar-refractivity contribution >= 4 is 5.78 Å². The molecule has 0 bridgehead atoms. The lowest BCUT2D eigenvalue weighted by Gasteiger charge is -2.19. The maximum absolute atomic E-state index is 11.2. The Bertz CT molecular complexity index is 146. The van der Waals surface area contributed by atoms with Crippen molar-refractivity contribution in [2.24, 2.45) is 0 Å². The smallest absolute Gasteiger partial charge is 0.192 e. The van der Waals surface area contributed by atoms with E-state index in [1.165, 1.54) is 13.8 Å². The van der Waals surface area contributed by atoms with E-state index >= 15 is 0 Å². The molecular formula is C9H18O3. The summed E-state index contributed by atoms with van der Waals surface area (Å²) in [6.07, 6.45) is 1.18. The number of aliphatic hydroxyl groups excluding tert-OH is 1. The quantitative estimate of drug-likeness (QED) is 0.650. The van der Waals surface area contributed by atoms with E-state index in [9.17, 15) is 15.0 Å². The van der Waals surface area contributed by atoms with Gasteiger partial charge in [-0.1, -0.05) is 19.8 Å². The second kappa shape index (κ2) is 4.58. The van der Waals surface area contributed by atoms with Crippen molar-refractivity contribution in [2.45, 2.75) is 51.7 Å². The zero-order chi connectivity index (χ0) is 9.78. The summed E-state index contributed by atoms with van der Waals surface area (Å²) in [7, 11) is 0. The number of rotatable bonds is 5. The second-order valence-electron chi connectivity index (χ2n) is 3.58. The molecule has 0 aliphatic carbocycles. The fourth-order valence-electron chi connectivity index (χ4n) is 0.936. The minimum absolute atomic E-state index is 0.444. The van der Waals surface area contributed by atoms with Crippen molar-refractivity contribution in [3.05, 3.63) is 0 Å². The SMILES string of the molecule is CCCCC(O)C(=O)C(C)(C)O. The van der Waals surface area contributed by atoms with Gasteiger partial charge in [-0.25, -0.2) is 0 Å². The van der Waals surface area contributed by atoms with Gasteiger partial charge in [0.1, 0.15) is 11.7 Å². The summed E-state index contributed by atoms with van der Waals surface area (Å²) < 4.78 is 0. The van der Waals surface area contributed by atoms with Gasteiger partial charge >= 0.3 is 0 Å². The molecule has 3 nitrogen and oxygen atoms in total. The highest BCUT2D eigenvalue weighted by Gasteiger charge is 2.29. The molecule has 0 saturated heterocycles. The molecule has 0 aromatic heterocycles. The monoisotopic (exact) mass is 174 g/mol. The van der Waals surface area contributed by atoms with Gasteiger partial charge in [0.2, 0.25) is 0 Å². The maximum atomic E-state index is 11.2. The standard InChI is InChI=1S/C9H18O3/c1-4-5-6-7(10)8(11)9(2,3)12/h7,10,12H,4-6H2,1-3H3. The average Bonchev–Trinajstić information content (AvgIpc) is 1.97. The normalized spacial score (nSPS) is 14.4. The Kier molecular flexibility index (Phi) is 4.42. The van der Waals surface area contributed by atoms with Crippen LogP contribution in [0.15, 0.2) is 0 Å². The Labute approximate surface area is 73.4 Å². The van der Waals surface area contributed by atoms with Crippen LogP contribution < -0.4 is 0 Å². The molecule has 72 valence electrons. The van der Waals surface area contributed by atoms with Gasteiger partial charge in [0.15, 0.2) is 5.78 Å². The average molecular weight is 174 g/mol. The topological polar surface area (TPSA) is 57.5 Å². The Morgan fingerprint density at radius 3 is 2.33 bits per heavy atom. The summed E-state index contributed by atoms with van der Waals surface area (Å²) in [6, 6.07) is 0. The van der Waals surface area contributed by atoms with Crippen LogP contribution >= 0.6 is 0 Å². The molecule has 0 aliphatic heterocycles. The van der Waals surface area contributed by atoms with Crippen LogP contribution in [-0.4, -0.2) is 27.7 Å². The van der Waals surface area contributed by atoms with Crippen molar-refractivity contribution in [2.75, 3.05) is 0 Å². The van der Waals surface area contributed by atoms with Crippen LogP contribution in [-0.2, 0) is 4.79 Å². The van der Waals surface area contributed by atoms with Gasteiger partial charge < -0.3 is 10.2 Å². The molecular weight excluding hydrogens is 156 g/mol. The summed E-state index contributed by atoms with van der Waals surface area (Å²) in [6.45, 7) is 4.77. The van der Waals surface area contributed by atoms with E-state index in [-0.39, 0.29) is 0 Å². The zero-order valence-electron chi connectivity index (χ0n) is 8.00. The fraction of sp³-hybridized carbons (Fsp3) is 0.889. The number of aliphatic hydroxyl groups is 2. The Morgan fingerprint density at radius 1 is 1.50 bits per heavy atom. The summed E-state index contributed by atoms with van der Waals surface area (Å²) in [5.41, 5.74) is -1.41. The minimum Gasteiger partial charge on any atom is -0.385 e. The number of Topliss-reactive ketones (excluding diaryl/α,β-unsaturated/α-hetero) is 1. The van der Waals surface area contributed by atoms with Gasteiger partial charge in [0.05, 0.1) is 0 Å². The number of carbonyl (C=O) groups is 1. The summed E-state index contributed by atoms with van der Waals surface area (Å²) in [4.78, 5) is 11.2. The fourth-order valence-corrected chi connectivity index (χ4v) is 0.936. The van der Waals surface area contributed by atoms with Gasteiger partial charge in [0.25, 0.3) is 0 Å². The zero-order valence-corrected chi connectivity index (χ0v) is 8.00. The second-order valence-corrected chi connectivity index (χ2v) is 3.58. The molecule has 0 aliphatic rings. The number of ketones is 1. The highest BCUT2D eigenvalue weighted by molar-refractivity contribution is 5.89. The molecule has 0 fully saturated rings. The maximum Gasteiger partial charge on any atom is 0.192 e. The third-order valence-corrected chi connectivity index (χ3v) is 1.74. The third-order valence-electron chi connectivity index (χ3n) is 1.74. The molecule has 0 heterocycles. The summed E-state index contributed by atoms with van der Waals surface area (Å²) in [5, 5.41) is 18.5. The Hall–Kier alpha value is -0.410. The van der Waals surface area contributed by atoms with Gasteiger partial charge in [-0.3, -0.25) is 4.79 Å². The van der Waals surface area contributed by atoms with Crippen LogP contribution in [0.4, 0.5) is 0 Å². The van der Waals surface area contributed by atoms with Crippen LogP contribution in [0.1, 0.15) is 40.0 Å². The highest BCUT2D eigenvalue weighted by atomic mass is 16.3. The molecule has 1 atom stereocenters. The predicted molar refractivity (Wildman–Crippen MR) is 46.8 cm³/mol. The van der Waals surface area contributed by atoms with E-state index in [1.807, 2.05) is 6.92 Å². The molecule has 0 saturated carbocycles. The largest absolute Gasteiger partial charge is 0.385 e. The van der Waals surface area contributed by atoms with Crippen LogP contribution in [0.25, 0.3) is 0 Å². The third kappa shape index (κ3) is 3.83. The molecule has 0 aromatic carbocycles. The molecule has 12 heavy (non-hydrogen) atoms. The first-order valence-electron chi connectivity index (χ1n) is 4.34. The molecule has 0 rings (SSSR count). The van der Waals surface area contributed by atoms with Gasteiger partial charge in [0, 0.05) is 0 Å². The molecule has 0 radical (unpaired) electrons. The van der Waals surface area contributed by atoms with Crippen LogP contribution in [0, 0.1) is 0 Å². The van der Waals surface area contributed by atoms with Crippen LogP contribution in [0.2, 0.25) is 0 Å². The first kappa shape index (κ1) is 11.6. The van der Waals surface area contributed by atoms with Gasteiger partial charge in [-0.2, -0.15) is 0 Å². The minimum atomic E-state index is -1.41. The first-order valence-corrected chi connectivity index (χ1v) is 4.34. The van der Waals surface area contributed by atoms with Crippen LogP contribution in [0.5, 0.6) is 0 Å². The molecule has 0 aromatic rings. The number of hydrogen-bond donors (Lipinski definition) is 2. The van der Waals surface area contributed by atoms with E-state index in [1.54, 1.807) is 0 Å².